The average Bonchev–Trinajstić information content (AvgIpc) is 3.69. The van der Waals surface area contributed by atoms with E-state index in [4.69, 9.17) is 9.97 Å². The molecule has 1 aliphatic carbocycles. The summed E-state index contributed by atoms with van der Waals surface area (Å²) in [5.41, 5.74) is 12.9. The molecule has 9 aromatic carbocycles. The van der Waals surface area contributed by atoms with E-state index in [-0.39, 0.29) is 5.41 Å². The SMILES string of the molecule is CC1(C)c2cc3c(cc2-c2c1ccc1ccccc21)c1ccccc1n3-c1ccc(-c2nc(-c3ccccc3)c3ccc4ccccc4c3n2)c2ccccc12. The first-order chi connectivity index (χ1) is 27.5. The molecule has 0 unspecified atom stereocenters. The second-order valence-corrected chi connectivity index (χ2v) is 15.7. The van der Waals surface area contributed by atoms with Gasteiger partial charge in [-0.1, -0.05) is 153 Å². The molecule has 0 bridgehead atoms. The highest BCUT2D eigenvalue weighted by Gasteiger charge is 2.37. The molecule has 1 aliphatic rings. The van der Waals surface area contributed by atoms with E-state index >= 15 is 0 Å². The fourth-order valence-corrected chi connectivity index (χ4v) is 9.70. The lowest BCUT2D eigenvalue weighted by molar-refractivity contribution is 0.661. The van der Waals surface area contributed by atoms with E-state index < -0.39 is 0 Å². The number of fused-ring (bicyclic) bond motifs is 12. The molecule has 0 fully saturated rings. The van der Waals surface area contributed by atoms with Gasteiger partial charge in [0.15, 0.2) is 5.82 Å². The van der Waals surface area contributed by atoms with E-state index in [1.54, 1.807) is 0 Å². The number of para-hydroxylation sites is 1. The van der Waals surface area contributed by atoms with Gasteiger partial charge in [0, 0.05) is 43.5 Å². The Morgan fingerprint density at radius 2 is 1.09 bits per heavy atom. The largest absolute Gasteiger partial charge is 0.309 e. The lowest BCUT2D eigenvalue weighted by Crippen LogP contribution is -2.15. The second kappa shape index (κ2) is 11.5. The summed E-state index contributed by atoms with van der Waals surface area (Å²) >= 11 is 0. The summed E-state index contributed by atoms with van der Waals surface area (Å²) in [6.07, 6.45) is 0. The van der Waals surface area contributed by atoms with Gasteiger partial charge in [0.05, 0.1) is 27.9 Å². The number of hydrogen-bond acceptors (Lipinski definition) is 2. The second-order valence-electron chi connectivity index (χ2n) is 15.7. The van der Waals surface area contributed by atoms with Crippen LogP contribution in [0.4, 0.5) is 0 Å². The zero-order valence-electron chi connectivity index (χ0n) is 31.1. The van der Waals surface area contributed by atoms with Gasteiger partial charge < -0.3 is 4.57 Å². The average molecular weight is 714 g/mol. The third-order valence-corrected chi connectivity index (χ3v) is 12.4. The summed E-state index contributed by atoms with van der Waals surface area (Å²) in [5, 5.41) is 10.7. The van der Waals surface area contributed by atoms with Crippen LogP contribution in [0.25, 0.3) is 104 Å². The zero-order chi connectivity index (χ0) is 37.1. The maximum Gasteiger partial charge on any atom is 0.161 e. The van der Waals surface area contributed by atoms with Crippen molar-refractivity contribution in [2.45, 2.75) is 19.3 Å². The fraction of sp³-hybridized carbons (Fsp3) is 0.0566. The molecule has 0 radical (unpaired) electrons. The Morgan fingerprint density at radius 3 is 1.91 bits per heavy atom. The minimum atomic E-state index is -0.149. The van der Waals surface area contributed by atoms with E-state index in [0.29, 0.717) is 0 Å². The van der Waals surface area contributed by atoms with Gasteiger partial charge >= 0.3 is 0 Å². The molecule has 0 N–H and O–H groups in total. The monoisotopic (exact) mass is 713 g/mol. The van der Waals surface area contributed by atoms with Crippen LogP contribution in [0, 0.1) is 0 Å². The van der Waals surface area contributed by atoms with Gasteiger partial charge in [-0.05, 0) is 80.2 Å². The molecule has 3 nitrogen and oxygen atoms in total. The van der Waals surface area contributed by atoms with Crippen LogP contribution < -0.4 is 0 Å². The molecular formula is C53H35N3. The van der Waals surface area contributed by atoms with Gasteiger partial charge in [0.2, 0.25) is 0 Å². The van der Waals surface area contributed by atoms with Crippen LogP contribution in [0.3, 0.4) is 0 Å². The maximum absolute atomic E-state index is 5.38. The molecule has 0 saturated heterocycles. The first-order valence-corrected chi connectivity index (χ1v) is 19.4. The van der Waals surface area contributed by atoms with Crippen molar-refractivity contribution in [1.29, 1.82) is 0 Å². The molecule has 11 aromatic rings. The molecule has 2 heterocycles. The molecule has 0 atom stereocenters. The van der Waals surface area contributed by atoms with E-state index in [1.807, 2.05) is 0 Å². The van der Waals surface area contributed by atoms with Crippen molar-refractivity contribution < 1.29 is 0 Å². The Kier molecular flexibility index (Phi) is 6.40. The van der Waals surface area contributed by atoms with E-state index in [2.05, 4.69) is 194 Å². The van der Waals surface area contributed by atoms with Gasteiger partial charge in [-0.25, -0.2) is 9.97 Å². The van der Waals surface area contributed by atoms with Crippen molar-refractivity contribution in [2.24, 2.45) is 0 Å². The molecule has 56 heavy (non-hydrogen) atoms. The summed E-state index contributed by atoms with van der Waals surface area (Å²) < 4.78 is 2.48. The van der Waals surface area contributed by atoms with Gasteiger partial charge in [0.1, 0.15) is 0 Å². The Labute approximate surface area is 324 Å². The lowest BCUT2D eigenvalue weighted by atomic mass is 9.82. The van der Waals surface area contributed by atoms with Crippen LogP contribution in [0.5, 0.6) is 0 Å². The van der Waals surface area contributed by atoms with Crippen LogP contribution in [-0.4, -0.2) is 14.5 Å². The van der Waals surface area contributed by atoms with E-state index in [1.165, 1.54) is 60.2 Å². The molecule has 12 rings (SSSR count). The number of hydrogen-bond donors (Lipinski definition) is 0. The highest BCUT2D eigenvalue weighted by Crippen LogP contribution is 2.53. The van der Waals surface area contributed by atoms with Gasteiger partial charge in [-0.2, -0.15) is 0 Å². The highest BCUT2D eigenvalue weighted by molar-refractivity contribution is 6.15. The van der Waals surface area contributed by atoms with E-state index in [0.717, 1.165) is 55.4 Å². The molecule has 0 amide bonds. The molecule has 0 spiro atoms. The van der Waals surface area contributed by atoms with Gasteiger partial charge in [-0.3, -0.25) is 0 Å². The summed E-state index contributed by atoms with van der Waals surface area (Å²) in [7, 11) is 0. The van der Waals surface area contributed by atoms with Crippen molar-refractivity contribution in [1.82, 2.24) is 14.5 Å². The zero-order valence-corrected chi connectivity index (χ0v) is 31.1. The smallest absolute Gasteiger partial charge is 0.161 e. The number of benzene rings is 9. The topological polar surface area (TPSA) is 30.7 Å². The molecule has 2 aromatic heterocycles. The first-order valence-electron chi connectivity index (χ1n) is 19.4. The van der Waals surface area contributed by atoms with Crippen molar-refractivity contribution in [3.05, 3.63) is 187 Å². The molecule has 3 heteroatoms. The molecule has 0 aliphatic heterocycles. The predicted octanol–water partition coefficient (Wildman–Crippen LogP) is 13.8. The van der Waals surface area contributed by atoms with Crippen LogP contribution in [0.2, 0.25) is 0 Å². The van der Waals surface area contributed by atoms with Gasteiger partial charge in [0.25, 0.3) is 0 Å². The lowest BCUT2D eigenvalue weighted by Gasteiger charge is -2.22. The quantitative estimate of drug-likeness (QED) is 0.171. The maximum atomic E-state index is 5.38. The Morgan fingerprint density at radius 1 is 0.429 bits per heavy atom. The number of aromatic nitrogens is 3. The summed E-state index contributed by atoms with van der Waals surface area (Å²) in [5.74, 6) is 0.724. The molecular weight excluding hydrogens is 679 g/mol. The fourth-order valence-electron chi connectivity index (χ4n) is 9.70. The van der Waals surface area contributed by atoms with Crippen molar-refractivity contribution in [2.75, 3.05) is 0 Å². The molecule has 0 saturated carbocycles. The summed E-state index contributed by atoms with van der Waals surface area (Å²) in [6.45, 7) is 4.76. The minimum Gasteiger partial charge on any atom is -0.309 e. The first kappa shape index (κ1) is 31.3. The summed E-state index contributed by atoms with van der Waals surface area (Å²) in [4.78, 5) is 10.8. The standard InChI is InChI=1S/C53H35N3/c1-53(2)44-28-25-32-14-6-8-18-35(32)49(44)43-30-42-39-22-12-13-23-46(39)56(48(42)31-45(43)53)47-29-27-40(37-20-10-11-21-38(37)47)52-54-50(34-16-4-3-5-17-34)41-26-24-33-15-7-9-19-36(33)51(41)55-52/h3-31H,1-2H3. The molecule has 262 valence electrons. The third kappa shape index (κ3) is 4.28. The Balaban J connectivity index is 1.13. The van der Waals surface area contributed by atoms with E-state index in [9.17, 15) is 0 Å². The Bertz CT molecular complexity index is 3440. The predicted molar refractivity (Wildman–Crippen MR) is 235 cm³/mol. The normalized spacial score (nSPS) is 13.3. The minimum absolute atomic E-state index is 0.149. The summed E-state index contributed by atoms with van der Waals surface area (Å²) in [6, 6.07) is 63.9. The van der Waals surface area contributed by atoms with Crippen molar-refractivity contribution in [3.8, 4) is 39.5 Å². The van der Waals surface area contributed by atoms with Crippen molar-refractivity contribution >= 4 is 65.0 Å². The highest BCUT2D eigenvalue weighted by atomic mass is 15.0. The van der Waals surface area contributed by atoms with Crippen molar-refractivity contribution in [3.63, 3.8) is 0 Å². The number of nitrogens with zero attached hydrogens (tertiary/aromatic N) is 3. The van der Waals surface area contributed by atoms with Gasteiger partial charge in [-0.15, -0.1) is 0 Å². The van der Waals surface area contributed by atoms with Crippen LogP contribution in [0.1, 0.15) is 25.0 Å². The third-order valence-electron chi connectivity index (χ3n) is 12.4. The Hall–Kier alpha value is -7.10. The number of rotatable bonds is 3. The van der Waals surface area contributed by atoms with Crippen LogP contribution >= 0.6 is 0 Å². The van der Waals surface area contributed by atoms with Crippen LogP contribution in [0.15, 0.2) is 176 Å². The van der Waals surface area contributed by atoms with Crippen LogP contribution in [-0.2, 0) is 5.41 Å².